The third-order valence-electron chi connectivity index (χ3n) is 4.18. The van der Waals surface area contributed by atoms with Crippen molar-refractivity contribution in [1.29, 1.82) is 0 Å². The molecule has 0 unspecified atom stereocenters. The van der Waals surface area contributed by atoms with E-state index in [9.17, 15) is 4.79 Å². The minimum Gasteiger partial charge on any atom is -0.497 e. The van der Waals surface area contributed by atoms with Gasteiger partial charge >= 0.3 is 0 Å². The molecule has 2 aromatic carbocycles. The van der Waals surface area contributed by atoms with E-state index in [4.69, 9.17) is 17.0 Å². The second-order valence-electron chi connectivity index (χ2n) is 5.47. The minimum atomic E-state index is -0.284. The lowest BCUT2D eigenvalue weighted by molar-refractivity contribution is 0.103. The van der Waals surface area contributed by atoms with E-state index in [1.165, 1.54) is 0 Å². The van der Waals surface area contributed by atoms with Gasteiger partial charge in [-0.25, -0.2) is 0 Å². The predicted octanol–water partition coefficient (Wildman–Crippen LogP) is 2.93. The van der Waals surface area contributed by atoms with Crippen LogP contribution in [0.3, 0.4) is 0 Å². The van der Waals surface area contributed by atoms with Crippen molar-refractivity contribution in [2.24, 2.45) is 0 Å². The fraction of sp³-hybridized carbons (Fsp3) is 0.111. The number of rotatable bonds is 2. The number of ether oxygens (including phenoxy) is 1. The molecule has 0 aromatic heterocycles. The van der Waals surface area contributed by atoms with Crippen molar-refractivity contribution >= 4 is 42.3 Å². The van der Waals surface area contributed by atoms with Gasteiger partial charge in [0.1, 0.15) is 5.75 Å². The molecule has 0 spiro atoms. The zero-order valence-electron chi connectivity index (χ0n) is 12.9. The minimum absolute atomic E-state index is 0. The number of Topliss-reactive ketones (excluding diaryl/α,β-unsaturated/α-hetero) is 1. The number of methoxy groups -OCH3 is 1. The first kappa shape index (κ1) is 16.5. The van der Waals surface area contributed by atoms with Crippen molar-refractivity contribution in [2.45, 2.75) is 6.04 Å². The van der Waals surface area contributed by atoms with E-state index in [-0.39, 0.29) is 25.3 Å². The number of nitrogens with one attached hydrogen (secondary N) is 2. The molecule has 0 saturated carbocycles. The summed E-state index contributed by atoms with van der Waals surface area (Å²) in [5, 5.41) is 6.86. The molecule has 1 heterocycles. The van der Waals surface area contributed by atoms with Crippen molar-refractivity contribution in [2.75, 3.05) is 7.11 Å². The lowest BCUT2D eigenvalue weighted by Gasteiger charge is -2.28. The Morgan fingerprint density at radius 2 is 1.83 bits per heavy atom. The van der Waals surface area contributed by atoms with Crippen LogP contribution in [0, 0.1) is 0 Å². The highest BCUT2D eigenvalue weighted by Crippen LogP contribution is 2.40. The number of hydrogen-bond acceptors (Lipinski definition) is 3. The molecule has 2 N–H and O–H groups in total. The highest BCUT2D eigenvalue weighted by molar-refractivity contribution is 7.80. The van der Waals surface area contributed by atoms with Crippen molar-refractivity contribution in [3.8, 4) is 5.75 Å². The van der Waals surface area contributed by atoms with Gasteiger partial charge in [0.2, 0.25) is 0 Å². The van der Waals surface area contributed by atoms with Crippen LogP contribution in [0.1, 0.15) is 27.5 Å². The molecular formula is C18H16N2O2S2. The van der Waals surface area contributed by atoms with E-state index in [2.05, 4.69) is 10.6 Å². The van der Waals surface area contributed by atoms with Crippen LogP contribution in [0.2, 0.25) is 0 Å². The third kappa shape index (κ3) is 2.48. The second kappa shape index (κ2) is 6.30. The van der Waals surface area contributed by atoms with Gasteiger partial charge in [-0.2, -0.15) is 13.5 Å². The summed E-state index contributed by atoms with van der Waals surface area (Å²) in [7, 11) is 1.63. The zero-order valence-corrected chi connectivity index (χ0v) is 14.7. The summed E-state index contributed by atoms with van der Waals surface area (Å²) >= 11 is 5.34. The first-order chi connectivity index (χ1) is 11.2. The highest BCUT2D eigenvalue weighted by Gasteiger charge is 2.38. The van der Waals surface area contributed by atoms with Gasteiger partial charge in [-0.15, -0.1) is 0 Å². The van der Waals surface area contributed by atoms with E-state index in [1.54, 1.807) is 7.11 Å². The number of carbonyl (C=O) groups is 1. The Morgan fingerprint density at radius 1 is 1.08 bits per heavy atom. The number of ketones is 1. The van der Waals surface area contributed by atoms with E-state index in [1.807, 2.05) is 48.5 Å². The molecule has 0 saturated heterocycles. The lowest BCUT2D eigenvalue weighted by atomic mass is 9.94. The van der Waals surface area contributed by atoms with Crippen molar-refractivity contribution < 1.29 is 9.53 Å². The summed E-state index contributed by atoms with van der Waals surface area (Å²) in [6.45, 7) is 0. The molecular weight excluding hydrogens is 340 g/mol. The van der Waals surface area contributed by atoms with E-state index < -0.39 is 0 Å². The average molecular weight is 356 g/mol. The maximum Gasteiger partial charge on any atom is 0.194 e. The van der Waals surface area contributed by atoms with Crippen LogP contribution in [0.25, 0.3) is 5.70 Å². The number of benzene rings is 2. The average Bonchev–Trinajstić information content (AvgIpc) is 2.87. The van der Waals surface area contributed by atoms with E-state index in [0.29, 0.717) is 16.2 Å². The molecule has 6 heteroatoms. The Kier molecular flexibility index (Phi) is 4.34. The van der Waals surface area contributed by atoms with Crippen LogP contribution in [-0.2, 0) is 0 Å². The maximum atomic E-state index is 12.9. The summed E-state index contributed by atoms with van der Waals surface area (Å²) in [6.07, 6.45) is 0. The fourth-order valence-electron chi connectivity index (χ4n) is 3.14. The van der Waals surface area contributed by atoms with Gasteiger partial charge in [0.25, 0.3) is 0 Å². The van der Waals surface area contributed by atoms with Crippen LogP contribution in [0.5, 0.6) is 5.75 Å². The molecule has 2 aliphatic rings. The van der Waals surface area contributed by atoms with Crippen LogP contribution in [0.15, 0.2) is 54.1 Å². The third-order valence-corrected chi connectivity index (χ3v) is 4.40. The monoisotopic (exact) mass is 356 g/mol. The number of thiocarbonyl (C=S) groups is 1. The maximum absolute atomic E-state index is 12.9. The van der Waals surface area contributed by atoms with Crippen molar-refractivity contribution in [3.05, 3.63) is 70.8 Å². The van der Waals surface area contributed by atoms with Crippen LogP contribution in [-0.4, -0.2) is 18.0 Å². The molecule has 0 radical (unpaired) electrons. The van der Waals surface area contributed by atoms with Gasteiger partial charge in [-0.3, -0.25) is 4.79 Å². The lowest BCUT2D eigenvalue weighted by Crippen LogP contribution is -2.43. The Bertz CT molecular complexity index is 877. The molecule has 122 valence electrons. The Hall–Kier alpha value is -2.31. The van der Waals surface area contributed by atoms with E-state index in [0.717, 1.165) is 22.6 Å². The molecule has 24 heavy (non-hydrogen) atoms. The summed E-state index contributed by atoms with van der Waals surface area (Å²) in [4.78, 5) is 12.9. The van der Waals surface area contributed by atoms with Gasteiger partial charge in [-0.05, 0) is 29.9 Å². The Balaban J connectivity index is 0.00000169. The highest BCUT2D eigenvalue weighted by atomic mass is 32.1. The van der Waals surface area contributed by atoms with Crippen LogP contribution >= 0.6 is 25.7 Å². The van der Waals surface area contributed by atoms with Gasteiger partial charge in [0.15, 0.2) is 10.9 Å². The van der Waals surface area contributed by atoms with Crippen LogP contribution < -0.4 is 15.4 Å². The molecule has 4 rings (SSSR count). The molecule has 0 fully saturated rings. The summed E-state index contributed by atoms with van der Waals surface area (Å²) in [5.74, 6) is 0.782. The summed E-state index contributed by atoms with van der Waals surface area (Å²) in [6, 6.07) is 15.0. The summed E-state index contributed by atoms with van der Waals surface area (Å²) < 4.78 is 5.30. The normalized spacial score (nSPS) is 18.1. The SMILES string of the molecule is COc1cccc([C@@H]2NC(=S)NC3=C2C(=O)c2ccccc23)c1.S. The number of carbonyl (C=O) groups excluding carboxylic acids is 1. The molecule has 0 amide bonds. The molecule has 1 atom stereocenters. The van der Waals surface area contributed by atoms with Crippen molar-refractivity contribution in [1.82, 2.24) is 10.6 Å². The fourth-order valence-corrected chi connectivity index (χ4v) is 3.36. The van der Waals surface area contributed by atoms with Gasteiger partial charge in [0, 0.05) is 11.1 Å². The molecule has 4 nitrogen and oxygen atoms in total. The zero-order chi connectivity index (χ0) is 16.0. The first-order valence-electron chi connectivity index (χ1n) is 7.29. The number of fused-ring (bicyclic) bond motifs is 2. The molecule has 0 bridgehead atoms. The molecule has 2 aromatic rings. The largest absolute Gasteiger partial charge is 0.497 e. The smallest absolute Gasteiger partial charge is 0.194 e. The Morgan fingerprint density at radius 3 is 2.58 bits per heavy atom. The summed E-state index contributed by atoms with van der Waals surface area (Å²) in [5.41, 5.74) is 4.07. The Labute approximate surface area is 152 Å². The quantitative estimate of drug-likeness (QED) is 0.811. The molecule has 1 aliphatic carbocycles. The first-order valence-corrected chi connectivity index (χ1v) is 7.69. The topological polar surface area (TPSA) is 50.4 Å². The van der Waals surface area contributed by atoms with E-state index >= 15 is 0 Å². The van der Waals surface area contributed by atoms with Gasteiger partial charge < -0.3 is 15.4 Å². The number of hydrogen-bond donors (Lipinski definition) is 2. The molecule has 1 aliphatic heterocycles. The van der Waals surface area contributed by atoms with Crippen LogP contribution in [0.4, 0.5) is 0 Å². The standard InChI is InChI=1S/C18H14N2O2S.H2S/c1-22-11-6-4-5-10(9-11)15-14-16(20-18(23)19-15)12-7-2-3-8-13(12)17(14)21;/h2-9,15H,1H3,(H2,19,20,23);1H2/t15-;/m0./s1. The van der Waals surface area contributed by atoms with Gasteiger partial charge in [0.05, 0.1) is 24.4 Å². The predicted molar refractivity (Wildman–Crippen MR) is 103 cm³/mol. The van der Waals surface area contributed by atoms with Crippen molar-refractivity contribution in [3.63, 3.8) is 0 Å². The van der Waals surface area contributed by atoms with Gasteiger partial charge in [-0.1, -0.05) is 36.4 Å². The second-order valence-corrected chi connectivity index (χ2v) is 5.88.